The molecule has 0 saturated carbocycles. The summed E-state index contributed by atoms with van der Waals surface area (Å²) in [5.41, 5.74) is 1.06. The van der Waals surface area contributed by atoms with Crippen LogP contribution in [0.1, 0.15) is 40.2 Å². The lowest BCUT2D eigenvalue weighted by atomic mass is 9.88. The molecule has 0 radical (unpaired) electrons. The fourth-order valence-corrected chi connectivity index (χ4v) is 2.31. The van der Waals surface area contributed by atoms with Gasteiger partial charge in [0.1, 0.15) is 4.60 Å². The van der Waals surface area contributed by atoms with Gasteiger partial charge >= 0.3 is 0 Å². The average molecular weight is 286 g/mol. The molecule has 3 nitrogen and oxygen atoms in total. The van der Waals surface area contributed by atoms with E-state index in [-0.39, 0.29) is 11.0 Å². The van der Waals surface area contributed by atoms with Gasteiger partial charge in [-0.25, -0.2) is 0 Å². The van der Waals surface area contributed by atoms with E-state index in [0.29, 0.717) is 0 Å². The van der Waals surface area contributed by atoms with Gasteiger partial charge in [-0.1, -0.05) is 13.8 Å². The van der Waals surface area contributed by atoms with E-state index in [1.54, 1.807) is 7.05 Å². The molecule has 0 aliphatic heterocycles. The maximum atomic E-state index is 4.50. The number of aliphatic imine (C=N–C) groups is 1. The van der Waals surface area contributed by atoms with Crippen LogP contribution >= 0.6 is 15.9 Å². The van der Waals surface area contributed by atoms with Gasteiger partial charge in [0.05, 0.1) is 5.54 Å². The molecular weight excluding hydrogens is 266 g/mol. The topological polar surface area (TPSA) is 30.2 Å². The van der Waals surface area contributed by atoms with Crippen molar-refractivity contribution in [1.82, 2.24) is 9.78 Å². The molecule has 0 fully saturated rings. The first-order valence-electron chi connectivity index (χ1n) is 5.38. The largest absolute Gasteiger partial charge is 0.300 e. The monoisotopic (exact) mass is 285 g/mol. The third-order valence-electron chi connectivity index (χ3n) is 2.50. The Morgan fingerprint density at radius 2 is 1.88 bits per heavy atom. The van der Waals surface area contributed by atoms with Gasteiger partial charge in [0.15, 0.2) is 0 Å². The predicted octanol–water partition coefficient (Wildman–Crippen LogP) is 3.38. The van der Waals surface area contributed by atoms with Crippen LogP contribution in [-0.4, -0.2) is 23.0 Å². The second kappa shape index (κ2) is 4.32. The lowest BCUT2D eigenvalue weighted by Crippen LogP contribution is -2.23. The number of rotatable bonds is 2. The number of hydrogen-bond acceptors (Lipinski definition) is 2. The summed E-state index contributed by atoms with van der Waals surface area (Å²) in [6.45, 7) is 10.7. The Morgan fingerprint density at radius 1 is 1.31 bits per heavy atom. The zero-order valence-corrected chi connectivity index (χ0v) is 12.5. The first-order chi connectivity index (χ1) is 7.18. The van der Waals surface area contributed by atoms with E-state index in [9.17, 15) is 0 Å². The Hall–Kier alpha value is -0.640. The van der Waals surface area contributed by atoms with Gasteiger partial charge in [-0.15, -0.1) is 0 Å². The summed E-state index contributed by atoms with van der Waals surface area (Å²) in [6, 6.07) is 0. The van der Waals surface area contributed by atoms with E-state index < -0.39 is 0 Å². The Balaban J connectivity index is 3.22. The van der Waals surface area contributed by atoms with Gasteiger partial charge in [0.25, 0.3) is 0 Å². The summed E-state index contributed by atoms with van der Waals surface area (Å²) in [4.78, 5) is 4.11. The second-order valence-corrected chi connectivity index (χ2v) is 6.31. The molecule has 90 valence electrons. The van der Waals surface area contributed by atoms with Gasteiger partial charge in [0, 0.05) is 30.4 Å². The van der Waals surface area contributed by atoms with Crippen molar-refractivity contribution in [3.05, 3.63) is 16.4 Å². The Labute approximate surface area is 106 Å². The summed E-state index contributed by atoms with van der Waals surface area (Å²) in [5, 5.41) is 4.50. The maximum absolute atomic E-state index is 4.50. The number of aromatic nitrogens is 2. The van der Waals surface area contributed by atoms with Crippen molar-refractivity contribution in [3.8, 4) is 0 Å². The molecule has 0 atom stereocenters. The van der Waals surface area contributed by atoms with Gasteiger partial charge in [-0.2, -0.15) is 5.10 Å². The molecule has 1 heterocycles. The SMILES string of the molecule is C/N=C/C(C)(C)c1cn(C(C)(C)C)nc1Br. The highest BCUT2D eigenvalue weighted by Gasteiger charge is 2.26. The van der Waals surface area contributed by atoms with Crippen LogP contribution in [-0.2, 0) is 11.0 Å². The zero-order valence-electron chi connectivity index (χ0n) is 10.9. The van der Waals surface area contributed by atoms with Crippen molar-refractivity contribution in [2.75, 3.05) is 7.05 Å². The van der Waals surface area contributed by atoms with Crippen molar-refractivity contribution in [1.29, 1.82) is 0 Å². The van der Waals surface area contributed by atoms with E-state index in [1.165, 1.54) is 0 Å². The molecule has 1 aromatic heterocycles. The predicted molar refractivity (Wildman–Crippen MR) is 72.4 cm³/mol. The van der Waals surface area contributed by atoms with Crippen LogP contribution in [0.15, 0.2) is 15.8 Å². The van der Waals surface area contributed by atoms with Crippen LogP contribution in [0.3, 0.4) is 0 Å². The van der Waals surface area contributed by atoms with Gasteiger partial charge < -0.3 is 0 Å². The number of nitrogens with zero attached hydrogens (tertiary/aromatic N) is 3. The van der Waals surface area contributed by atoms with Crippen molar-refractivity contribution in [3.63, 3.8) is 0 Å². The Bertz CT molecular complexity index is 397. The highest BCUT2D eigenvalue weighted by molar-refractivity contribution is 9.10. The minimum Gasteiger partial charge on any atom is -0.300 e. The molecule has 0 spiro atoms. The molecule has 0 amide bonds. The first-order valence-corrected chi connectivity index (χ1v) is 6.17. The molecule has 0 saturated heterocycles. The van der Waals surface area contributed by atoms with Crippen LogP contribution in [0.25, 0.3) is 0 Å². The summed E-state index contributed by atoms with van der Waals surface area (Å²) < 4.78 is 2.88. The number of halogens is 1. The summed E-state index contributed by atoms with van der Waals surface area (Å²) in [5.74, 6) is 0. The molecule has 4 heteroatoms. The molecule has 0 aliphatic carbocycles. The lowest BCUT2D eigenvalue weighted by Gasteiger charge is -2.20. The normalized spacial score (nSPS) is 13.7. The van der Waals surface area contributed by atoms with E-state index in [1.807, 2.05) is 10.9 Å². The van der Waals surface area contributed by atoms with Crippen molar-refractivity contribution in [2.45, 2.75) is 45.6 Å². The minimum atomic E-state index is -0.100. The van der Waals surface area contributed by atoms with Crippen molar-refractivity contribution < 1.29 is 0 Å². The molecule has 1 rings (SSSR count). The average Bonchev–Trinajstić information content (AvgIpc) is 2.46. The van der Waals surface area contributed by atoms with E-state index in [4.69, 9.17) is 0 Å². The fourth-order valence-electron chi connectivity index (χ4n) is 1.52. The minimum absolute atomic E-state index is 0.000206. The number of hydrogen-bond donors (Lipinski definition) is 0. The Kier molecular flexibility index (Phi) is 3.62. The summed E-state index contributed by atoms with van der Waals surface area (Å²) in [7, 11) is 1.80. The Morgan fingerprint density at radius 3 is 2.25 bits per heavy atom. The van der Waals surface area contributed by atoms with E-state index >= 15 is 0 Å². The standard InChI is InChI=1S/C12H20BrN3/c1-11(2,3)16-7-9(10(13)15-16)12(4,5)8-14-6/h7-8H,1-6H3/b14-8+. The fraction of sp³-hybridized carbons (Fsp3) is 0.667. The van der Waals surface area contributed by atoms with Crippen molar-refractivity contribution >= 4 is 22.1 Å². The molecule has 0 aliphatic rings. The van der Waals surface area contributed by atoms with Crippen LogP contribution < -0.4 is 0 Å². The van der Waals surface area contributed by atoms with Crippen LogP contribution in [0.2, 0.25) is 0 Å². The molecule has 0 bridgehead atoms. The van der Waals surface area contributed by atoms with E-state index in [0.717, 1.165) is 10.2 Å². The summed E-state index contributed by atoms with van der Waals surface area (Å²) >= 11 is 3.52. The maximum Gasteiger partial charge on any atom is 0.132 e. The third kappa shape index (κ3) is 2.73. The van der Waals surface area contributed by atoms with Crippen LogP contribution in [0, 0.1) is 0 Å². The van der Waals surface area contributed by atoms with Crippen LogP contribution in [0.5, 0.6) is 0 Å². The molecule has 16 heavy (non-hydrogen) atoms. The first kappa shape index (κ1) is 13.4. The van der Waals surface area contributed by atoms with Crippen LogP contribution in [0.4, 0.5) is 0 Å². The van der Waals surface area contributed by atoms with Gasteiger partial charge in [-0.05, 0) is 36.7 Å². The molecule has 0 unspecified atom stereocenters. The zero-order chi connectivity index (χ0) is 12.6. The van der Waals surface area contributed by atoms with Crippen molar-refractivity contribution in [2.24, 2.45) is 4.99 Å². The lowest BCUT2D eigenvalue weighted by molar-refractivity contribution is 0.354. The molecule has 0 N–H and O–H groups in total. The van der Waals surface area contributed by atoms with E-state index in [2.05, 4.69) is 66.8 Å². The molecule has 0 aromatic carbocycles. The second-order valence-electron chi connectivity index (χ2n) is 5.56. The van der Waals surface area contributed by atoms with Gasteiger partial charge in [0.2, 0.25) is 0 Å². The van der Waals surface area contributed by atoms with Gasteiger partial charge in [-0.3, -0.25) is 9.67 Å². The highest BCUT2D eigenvalue weighted by Crippen LogP contribution is 2.29. The molecular formula is C12H20BrN3. The quantitative estimate of drug-likeness (QED) is 0.766. The highest BCUT2D eigenvalue weighted by atomic mass is 79.9. The smallest absolute Gasteiger partial charge is 0.132 e. The summed E-state index contributed by atoms with van der Waals surface area (Å²) in [6.07, 6.45) is 4.04. The third-order valence-corrected chi connectivity index (χ3v) is 3.09. The molecule has 1 aromatic rings.